The lowest BCUT2D eigenvalue weighted by Gasteiger charge is -2.10. The van der Waals surface area contributed by atoms with E-state index in [0.29, 0.717) is 5.92 Å². The number of benzene rings is 1. The Morgan fingerprint density at radius 2 is 1.85 bits per heavy atom. The molecular weight excluding hydrogens is 156 g/mol. The Balaban J connectivity index is 2.59. The quantitative estimate of drug-likeness (QED) is 0.601. The van der Waals surface area contributed by atoms with Gasteiger partial charge in [0.05, 0.1) is 0 Å². The van der Waals surface area contributed by atoms with Crippen molar-refractivity contribution >= 4 is 5.57 Å². The van der Waals surface area contributed by atoms with E-state index in [2.05, 4.69) is 45.0 Å². The summed E-state index contributed by atoms with van der Waals surface area (Å²) in [6.07, 6.45) is 1.22. The van der Waals surface area contributed by atoms with Gasteiger partial charge in [0.1, 0.15) is 0 Å². The van der Waals surface area contributed by atoms with Crippen LogP contribution in [0.4, 0.5) is 0 Å². The Morgan fingerprint density at radius 1 is 1.15 bits per heavy atom. The Hall–Kier alpha value is -1.04. The molecule has 0 aromatic heterocycles. The monoisotopic (exact) mass is 172 g/mol. The van der Waals surface area contributed by atoms with E-state index in [1.807, 2.05) is 0 Å². The van der Waals surface area contributed by atoms with Gasteiger partial charge in [0.15, 0.2) is 0 Å². The van der Waals surface area contributed by atoms with Crippen LogP contribution in [0.25, 0.3) is 5.57 Å². The highest BCUT2D eigenvalue weighted by Gasteiger charge is 2.23. The zero-order valence-electron chi connectivity index (χ0n) is 8.59. The molecule has 0 bridgehead atoms. The van der Waals surface area contributed by atoms with E-state index in [-0.39, 0.29) is 0 Å². The molecule has 0 N–H and O–H groups in total. The third-order valence-electron chi connectivity index (χ3n) is 3.26. The SMILES string of the molecule is CCC1C(C)=C(C)c2ccccc21. The summed E-state index contributed by atoms with van der Waals surface area (Å²) < 4.78 is 0. The van der Waals surface area contributed by atoms with E-state index in [0.717, 1.165) is 0 Å². The van der Waals surface area contributed by atoms with Crippen molar-refractivity contribution in [3.05, 3.63) is 41.0 Å². The van der Waals surface area contributed by atoms with Gasteiger partial charge in [-0.05, 0) is 37.0 Å². The Labute approximate surface area is 80.3 Å². The maximum atomic E-state index is 2.27. The van der Waals surface area contributed by atoms with E-state index in [4.69, 9.17) is 0 Å². The molecule has 0 nitrogen and oxygen atoms in total. The van der Waals surface area contributed by atoms with Crippen LogP contribution in [-0.4, -0.2) is 0 Å². The first-order valence-corrected chi connectivity index (χ1v) is 5.02. The van der Waals surface area contributed by atoms with Gasteiger partial charge in [0, 0.05) is 5.92 Å². The molecule has 1 unspecified atom stereocenters. The average molecular weight is 172 g/mol. The molecular formula is C13H16. The fraction of sp³-hybridized carbons (Fsp3) is 0.385. The molecule has 0 aliphatic heterocycles. The summed E-state index contributed by atoms with van der Waals surface area (Å²) in [7, 11) is 0. The summed E-state index contributed by atoms with van der Waals surface area (Å²) in [5, 5.41) is 0. The van der Waals surface area contributed by atoms with Gasteiger partial charge in [0.25, 0.3) is 0 Å². The van der Waals surface area contributed by atoms with Gasteiger partial charge in [-0.1, -0.05) is 36.8 Å². The molecule has 1 atom stereocenters. The minimum absolute atomic E-state index is 0.677. The number of fused-ring (bicyclic) bond motifs is 1. The zero-order valence-corrected chi connectivity index (χ0v) is 8.59. The van der Waals surface area contributed by atoms with E-state index in [9.17, 15) is 0 Å². The third kappa shape index (κ3) is 1.13. The van der Waals surface area contributed by atoms with Crippen LogP contribution < -0.4 is 0 Å². The first kappa shape index (κ1) is 8.55. The minimum atomic E-state index is 0.677. The standard InChI is InChI=1S/C13H16/c1-4-11-9(2)10(3)12-7-5-6-8-13(11)12/h5-8,11H,4H2,1-3H3. The fourth-order valence-corrected chi connectivity index (χ4v) is 2.38. The lowest BCUT2D eigenvalue weighted by Crippen LogP contribution is -1.93. The number of rotatable bonds is 1. The molecule has 0 heteroatoms. The van der Waals surface area contributed by atoms with Crippen LogP contribution in [0, 0.1) is 0 Å². The molecule has 1 aliphatic rings. The maximum Gasteiger partial charge on any atom is 0.00547 e. The molecule has 0 saturated carbocycles. The van der Waals surface area contributed by atoms with Crippen molar-refractivity contribution in [1.29, 1.82) is 0 Å². The molecule has 0 spiro atoms. The van der Waals surface area contributed by atoms with Crippen molar-refractivity contribution in [3.8, 4) is 0 Å². The van der Waals surface area contributed by atoms with E-state index >= 15 is 0 Å². The number of hydrogen-bond acceptors (Lipinski definition) is 0. The Bertz CT molecular complexity index is 358. The van der Waals surface area contributed by atoms with Gasteiger partial charge >= 0.3 is 0 Å². The van der Waals surface area contributed by atoms with Crippen molar-refractivity contribution in [2.75, 3.05) is 0 Å². The molecule has 13 heavy (non-hydrogen) atoms. The maximum absolute atomic E-state index is 2.27. The molecule has 0 radical (unpaired) electrons. The molecule has 0 fully saturated rings. The zero-order chi connectivity index (χ0) is 9.42. The predicted molar refractivity (Wildman–Crippen MR) is 57.7 cm³/mol. The summed E-state index contributed by atoms with van der Waals surface area (Å²) in [4.78, 5) is 0. The van der Waals surface area contributed by atoms with Gasteiger partial charge in [0.2, 0.25) is 0 Å². The van der Waals surface area contributed by atoms with E-state index in [1.54, 1.807) is 5.57 Å². The Kier molecular flexibility index (Phi) is 1.99. The minimum Gasteiger partial charge on any atom is -0.0645 e. The van der Waals surface area contributed by atoms with Crippen LogP contribution in [0.3, 0.4) is 0 Å². The van der Waals surface area contributed by atoms with Gasteiger partial charge in [-0.15, -0.1) is 0 Å². The summed E-state index contributed by atoms with van der Waals surface area (Å²) in [5.41, 5.74) is 6.04. The first-order valence-electron chi connectivity index (χ1n) is 5.02. The molecule has 2 rings (SSSR count). The second-order valence-corrected chi connectivity index (χ2v) is 3.86. The van der Waals surface area contributed by atoms with Crippen molar-refractivity contribution in [1.82, 2.24) is 0 Å². The third-order valence-corrected chi connectivity index (χ3v) is 3.26. The second kappa shape index (κ2) is 3.02. The average Bonchev–Trinajstić information content (AvgIpc) is 2.41. The van der Waals surface area contributed by atoms with Crippen LogP contribution in [0.5, 0.6) is 0 Å². The summed E-state index contributed by atoms with van der Waals surface area (Å²) in [6, 6.07) is 8.79. The fourth-order valence-electron chi connectivity index (χ4n) is 2.38. The number of allylic oxidation sites excluding steroid dienone is 2. The lowest BCUT2D eigenvalue weighted by atomic mass is 9.94. The van der Waals surface area contributed by atoms with Crippen molar-refractivity contribution in [3.63, 3.8) is 0 Å². The van der Waals surface area contributed by atoms with Crippen LogP contribution >= 0.6 is 0 Å². The van der Waals surface area contributed by atoms with E-state index < -0.39 is 0 Å². The van der Waals surface area contributed by atoms with Gasteiger partial charge in [-0.3, -0.25) is 0 Å². The molecule has 0 saturated heterocycles. The smallest absolute Gasteiger partial charge is 0.00547 e. The first-order chi connectivity index (χ1) is 6.25. The number of hydrogen-bond donors (Lipinski definition) is 0. The molecule has 0 amide bonds. The van der Waals surface area contributed by atoms with Gasteiger partial charge in [-0.2, -0.15) is 0 Å². The van der Waals surface area contributed by atoms with Crippen molar-refractivity contribution < 1.29 is 0 Å². The van der Waals surface area contributed by atoms with Crippen LogP contribution in [0.15, 0.2) is 29.8 Å². The van der Waals surface area contributed by atoms with Crippen LogP contribution in [0.1, 0.15) is 44.2 Å². The highest BCUT2D eigenvalue weighted by atomic mass is 14.3. The van der Waals surface area contributed by atoms with Crippen molar-refractivity contribution in [2.45, 2.75) is 33.1 Å². The highest BCUT2D eigenvalue weighted by molar-refractivity contribution is 5.76. The molecule has 1 aliphatic carbocycles. The summed E-state index contributed by atoms with van der Waals surface area (Å²) in [5.74, 6) is 0.677. The molecule has 1 aromatic carbocycles. The lowest BCUT2D eigenvalue weighted by molar-refractivity contribution is 0.775. The molecule has 68 valence electrons. The largest absolute Gasteiger partial charge is 0.0645 e. The van der Waals surface area contributed by atoms with Gasteiger partial charge < -0.3 is 0 Å². The second-order valence-electron chi connectivity index (χ2n) is 3.86. The highest BCUT2D eigenvalue weighted by Crippen LogP contribution is 2.42. The van der Waals surface area contributed by atoms with Crippen molar-refractivity contribution in [2.24, 2.45) is 0 Å². The topological polar surface area (TPSA) is 0 Å². The van der Waals surface area contributed by atoms with Crippen LogP contribution in [-0.2, 0) is 0 Å². The molecule has 0 heterocycles. The predicted octanol–water partition coefficient (Wildman–Crippen LogP) is 3.99. The summed E-state index contributed by atoms with van der Waals surface area (Å²) in [6.45, 7) is 6.77. The summed E-state index contributed by atoms with van der Waals surface area (Å²) >= 11 is 0. The Morgan fingerprint density at radius 3 is 2.54 bits per heavy atom. The van der Waals surface area contributed by atoms with E-state index in [1.165, 1.54) is 23.1 Å². The van der Waals surface area contributed by atoms with Crippen LogP contribution in [0.2, 0.25) is 0 Å². The molecule has 1 aromatic rings. The van der Waals surface area contributed by atoms with Gasteiger partial charge in [-0.25, -0.2) is 0 Å². The normalized spacial score (nSPS) is 20.7.